The molecule has 1 atom stereocenters. The van der Waals surface area contributed by atoms with Gasteiger partial charge in [0.15, 0.2) is 0 Å². The molecular formula is C16H13FN2. The zero-order chi connectivity index (χ0) is 13.0. The van der Waals surface area contributed by atoms with E-state index in [9.17, 15) is 4.39 Å². The lowest BCUT2D eigenvalue weighted by atomic mass is 9.84. The first kappa shape index (κ1) is 10.7. The molecule has 0 N–H and O–H groups in total. The average molecular weight is 252 g/mol. The Hall–Kier alpha value is -2.16. The minimum Gasteiger partial charge on any atom is -0.300 e. The van der Waals surface area contributed by atoms with Crippen LogP contribution in [0.3, 0.4) is 0 Å². The van der Waals surface area contributed by atoms with Crippen molar-refractivity contribution in [3.05, 3.63) is 59.7 Å². The van der Waals surface area contributed by atoms with Gasteiger partial charge in [-0.2, -0.15) is 0 Å². The minimum atomic E-state index is -0.223. The summed E-state index contributed by atoms with van der Waals surface area (Å²) in [6.45, 7) is 2.21. The lowest BCUT2D eigenvalue weighted by Gasteiger charge is -2.21. The van der Waals surface area contributed by atoms with Crippen molar-refractivity contribution in [1.29, 1.82) is 0 Å². The first-order valence-electron chi connectivity index (χ1n) is 6.50. The Morgan fingerprint density at radius 3 is 2.95 bits per heavy atom. The van der Waals surface area contributed by atoms with Gasteiger partial charge in [0.1, 0.15) is 11.5 Å². The fraction of sp³-hybridized carbons (Fsp3) is 0.188. The van der Waals surface area contributed by atoms with Crippen molar-refractivity contribution in [3.63, 3.8) is 0 Å². The third kappa shape index (κ3) is 1.44. The van der Waals surface area contributed by atoms with Gasteiger partial charge in [-0.1, -0.05) is 31.2 Å². The average Bonchev–Trinajstić information content (AvgIpc) is 2.78. The predicted molar refractivity (Wildman–Crippen MR) is 72.7 cm³/mol. The predicted octanol–water partition coefficient (Wildman–Crippen LogP) is 3.80. The lowest BCUT2D eigenvalue weighted by Crippen LogP contribution is -2.09. The van der Waals surface area contributed by atoms with Gasteiger partial charge in [-0.3, -0.25) is 0 Å². The van der Waals surface area contributed by atoms with Crippen LogP contribution >= 0.6 is 0 Å². The van der Waals surface area contributed by atoms with Gasteiger partial charge in [0.25, 0.3) is 0 Å². The molecule has 3 heteroatoms. The summed E-state index contributed by atoms with van der Waals surface area (Å²) in [5.41, 5.74) is 5.44. The Morgan fingerprint density at radius 2 is 2.05 bits per heavy atom. The van der Waals surface area contributed by atoms with Crippen molar-refractivity contribution in [2.45, 2.75) is 19.3 Å². The normalized spacial score (nSPS) is 17.3. The molecule has 1 aliphatic carbocycles. The minimum absolute atomic E-state index is 0.223. The second-order valence-corrected chi connectivity index (χ2v) is 5.18. The molecule has 0 fully saturated rings. The number of imidazole rings is 1. The summed E-state index contributed by atoms with van der Waals surface area (Å²) in [6, 6.07) is 11.6. The number of hydrogen-bond acceptors (Lipinski definition) is 1. The second kappa shape index (κ2) is 3.67. The fourth-order valence-electron chi connectivity index (χ4n) is 3.02. The number of benzene rings is 1. The molecule has 4 rings (SSSR count). The molecule has 1 aliphatic rings. The Morgan fingerprint density at radius 1 is 1.21 bits per heavy atom. The molecule has 1 aromatic carbocycles. The maximum Gasteiger partial charge on any atom is 0.139 e. The summed E-state index contributed by atoms with van der Waals surface area (Å²) in [5.74, 6) is 0.214. The molecule has 2 heterocycles. The van der Waals surface area contributed by atoms with Gasteiger partial charge in [-0.15, -0.1) is 0 Å². The molecule has 2 nitrogen and oxygen atoms in total. The molecule has 3 aromatic rings. The van der Waals surface area contributed by atoms with Crippen molar-refractivity contribution >= 4 is 5.65 Å². The van der Waals surface area contributed by atoms with E-state index in [1.54, 1.807) is 6.07 Å². The summed E-state index contributed by atoms with van der Waals surface area (Å²) >= 11 is 0. The Balaban J connectivity index is 2.09. The summed E-state index contributed by atoms with van der Waals surface area (Å²) in [6.07, 6.45) is 2.43. The maximum absolute atomic E-state index is 13.4. The highest BCUT2D eigenvalue weighted by atomic mass is 19.1. The Kier molecular flexibility index (Phi) is 2.07. The molecule has 19 heavy (non-hydrogen) atoms. The molecule has 94 valence electrons. The van der Waals surface area contributed by atoms with Gasteiger partial charge in [0.05, 0.1) is 11.4 Å². The standard InChI is InChI=1S/C16H13FN2/c1-10-8-14-16(13-5-3-2-4-12(10)13)18-15-7-6-11(17)9-19(14)15/h2-7,9-10H,8H2,1H3. The SMILES string of the molecule is CC1Cc2c(nc3ccc(F)cn23)-c2ccccc21. The molecule has 0 bridgehead atoms. The van der Waals surface area contributed by atoms with Crippen LogP contribution in [-0.2, 0) is 6.42 Å². The van der Waals surface area contributed by atoms with Gasteiger partial charge in [0.2, 0.25) is 0 Å². The van der Waals surface area contributed by atoms with E-state index in [0.717, 1.165) is 23.5 Å². The van der Waals surface area contributed by atoms with Crippen molar-refractivity contribution in [3.8, 4) is 11.3 Å². The topological polar surface area (TPSA) is 17.3 Å². The van der Waals surface area contributed by atoms with Crippen LogP contribution in [0.4, 0.5) is 4.39 Å². The summed E-state index contributed by atoms with van der Waals surface area (Å²) in [5, 5.41) is 0. The Bertz CT molecular complexity index is 789. The number of hydrogen-bond donors (Lipinski definition) is 0. The zero-order valence-corrected chi connectivity index (χ0v) is 10.6. The Labute approximate surface area is 110 Å². The van der Waals surface area contributed by atoms with E-state index in [-0.39, 0.29) is 5.82 Å². The van der Waals surface area contributed by atoms with Gasteiger partial charge in [0, 0.05) is 11.8 Å². The van der Waals surface area contributed by atoms with Crippen molar-refractivity contribution in [2.75, 3.05) is 0 Å². The van der Waals surface area contributed by atoms with Gasteiger partial charge >= 0.3 is 0 Å². The number of rotatable bonds is 0. The molecule has 0 aliphatic heterocycles. The molecular weight excluding hydrogens is 239 g/mol. The van der Waals surface area contributed by atoms with E-state index in [4.69, 9.17) is 0 Å². The third-order valence-electron chi connectivity index (χ3n) is 3.93. The maximum atomic E-state index is 13.4. The number of fused-ring (bicyclic) bond motifs is 5. The van der Waals surface area contributed by atoms with E-state index >= 15 is 0 Å². The van der Waals surface area contributed by atoms with Crippen LogP contribution in [0.25, 0.3) is 16.9 Å². The molecule has 0 spiro atoms. The highest BCUT2D eigenvalue weighted by molar-refractivity contribution is 5.72. The highest BCUT2D eigenvalue weighted by Crippen LogP contribution is 2.39. The number of nitrogens with zero attached hydrogens (tertiary/aromatic N) is 2. The largest absolute Gasteiger partial charge is 0.300 e. The smallest absolute Gasteiger partial charge is 0.139 e. The van der Waals surface area contributed by atoms with Crippen LogP contribution < -0.4 is 0 Å². The quantitative estimate of drug-likeness (QED) is 0.595. The van der Waals surface area contributed by atoms with Crippen LogP contribution in [0.1, 0.15) is 24.1 Å². The van der Waals surface area contributed by atoms with E-state index in [0.29, 0.717) is 5.92 Å². The number of halogens is 1. The molecule has 0 radical (unpaired) electrons. The van der Waals surface area contributed by atoms with E-state index < -0.39 is 0 Å². The van der Waals surface area contributed by atoms with Crippen LogP contribution in [0, 0.1) is 5.82 Å². The van der Waals surface area contributed by atoms with Crippen molar-refractivity contribution in [2.24, 2.45) is 0 Å². The molecule has 0 amide bonds. The van der Waals surface area contributed by atoms with Crippen LogP contribution in [0.2, 0.25) is 0 Å². The lowest BCUT2D eigenvalue weighted by molar-refractivity contribution is 0.616. The van der Waals surface area contributed by atoms with Gasteiger partial charge in [-0.05, 0) is 30.0 Å². The fourth-order valence-corrected chi connectivity index (χ4v) is 3.02. The monoisotopic (exact) mass is 252 g/mol. The second-order valence-electron chi connectivity index (χ2n) is 5.18. The molecule has 0 saturated carbocycles. The van der Waals surface area contributed by atoms with E-state index in [2.05, 4.69) is 30.1 Å². The number of pyridine rings is 1. The molecule has 1 unspecified atom stereocenters. The van der Waals surface area contributed by atoms with Crippen molar-refractivity contribution in [1.82, 2.24) is 9.38 Å². The van der Waals surface area contributed by atoms with Crippen molar-refractivity contribution < 1.29 is 4.39 Å². The summed E-state index contributed by atoms with van der Waals surface area (Å²) < 4.78 is 15.3. The molecule has 0 saturated heterocycles. The van der Waals surface area contributed by atoms with Crippen LogP contribution in [-0.4, -0.2) is 9.38 Å². The first-order valence-corrected chi connectivity index (χ1v) is 6.50. The zero-order valence-electron chi connectivity index (χ0n) is 10.6. The number of aromatic nitrogens is 2. The van der Waals surface area contributed by atoms with Gasteiger partial charge < -0.3 is 4.40 Å². The summed E-state index contributed by atoms with van der Waals surface area (Å²) in [4.78, 5) is 4.67. The highest BCUT2D eigenvalue weighted by Gasteiger charge is 2.25. The molecule has 2 aromatic heterocycles. The van der Waals surface area contributed by atoms with E-state index in [1.165, 1.54) is 23.4 Å². The van der Waals surface area contributed by atoms with Crippen LogP contribution in [0.15, 0.2) is 42.6 Å². The van der Waals surface area contributed by atoms with Gasteiger partial charge in [-0.25, -0.2) is 9.37 Å². The third-order valence-corrected chi connectivity index (χ3v) is 3.93. The van der Waals surface area contributed by atoms with E-state index in [1.807, 2.05) is 10.5 Å². The summed E-state index contributed by atoms with van der Waals surface area (Å²) in [7, 11) is 0. The van der Waals surface area contributed by atoms with Crippen LogP contribution in [0.5, 0.6) is 0 Å². The first-order chi connectivity index (χ1) is 9.24.